The first-order chi connectivity index (χ1) is 11.5. The van der Waals surface area contributed by atoms with Gasteiger partial charge in [-0.2, -0.15) is 0 Å². The average Bonchev–Trinajstić information content (AvgIpc) is 2.88. The van der Waals surface area contributed by atoms with E-state index < -0.39 is 0 Å². The molecule has 7 heteroatoms. The lowest BCUT2D eigenvalue weighted by Crippen LogP contribution is -2.11. The first-order valence-corrected chi connectivity index (χ1v) is 8.66. The highest BCUT2D eigenvalue weighted by Gasteiger charge is 2.19. The van der Waals surface area contributed by atoms with E-state index in [0.29, 0.717) is 12.2 Å². The minimum Gasteiger partial charge on any atom is -0.459 e. The number of carbonyl (C=O) groups is 2. The van der Waals surface area contributed by atoms with Crippen molar-refractivity contribution in [1.29, 1.82) is 0 Å². The number of hydrogen-bond acceptors (Lipinski definition) is 6. The molecule has 128 valence electrons. The maximum atomic E-state index is 11.2. The van der Waals surface area contributed by atoms with E-state index in [4.69, 9.17) is 9.47 Å². The van der Waals surface area contributed by atoms with Gasteiger partial charge in [-0.05, 0) is 11.8 Å². The summed E-state index contributed by atoms with van der Waals surface area (Å²) in [6, 6.07) is 9.93. The molecule has 0 radical (unpaired) electrons. The molecule has 2 rings (SSSR count). The van der Waals surface area contributed by atoms with E-state index in [-0.39, 0.29) is 25.2 Å². The molecule has 0 aliphatic rings. The number of carbonyl (C=O) groups excluding carboxylic acids is 2. The van der Waals surface area contributed by atoms with Crippen LogP contribution in [0.4, 0.5) is 0 Å². The number of benzene rings is 1. The number of esters is 2. The van der Waals surface area contributed by atoms with Crippen LogP contribution in [0.25, 0.3) is 0 Å². The molecule has 0 saturated heterocycles. The van der Waals surface area contributed by atoms with Gasteiger partial charge in [0.15, 0.2) is 5.16 Å². The standard InChI is InChI=1S/C17H20N2O4S/c1-12(20)22-10-15-16(11-23-13(2)21)19(17(18-15)24-3)9-14-7-5-4-6-8-14/h4-8H,9-11H2,1-3H3. The average molecular weight is 348 g/mol. The lowest BCUT2D eigenvalue weighted by molar-refractivity contribution is -0.144. The van der Waals surface area contributed by atoms with Gasteiger partial charge in [0.05, 0.1) is 5.69 Å². The zero-order valence-electron chi connectivity index (χ0n) is 13.9. The van der Waals surface area contributed by atoms with Crippen LogP contribution in [0.15, 0.2) is 35.5 Å². The van der Waals surface area contributed by atoms with E-state index in [9.17, 15) is 9.59 Å². The Labute approximate surface area is 145 Å². The van der Waals surface area contributed by atoms with E-state index in [1.807, 2.05) is 41.2 Å². The molecule has 0 unspecified atom stereocenters. The summed E-state index contributed by atoms with van der Waals surface area (Å²) in [6.07, 6.45) is 1.93. The third-order valence-corrected chi connectivity index (χ3v) is 3.99. The normalized spacial score (nSPS) is 10.5. The van der Waals surface area contributed by atoms with Gasteiger partial charge in [-0.3, -0.25) is 9.59 Å². The molecule has 0 aliphatic heterocycles. The van der Waals surface area contributed by atoms with Crippen molar-refractivity contribution < 1.29 is 19.1 Å². The van der Waals surface area contributed by atoms with E-state index in [1.165, 1.54) is 25.6 Å². The number of rotatable bonds is 7. The van der Waals surface area contributed by atoms with E-state index in [2.05, 4.69) is 4.98 Å². The molecule has 0 spiro atoms. The fraction of sp³-hybridized carbons (Fsp3) is 0.353. The number of aromatic nitrogens is 2. The van der Waals surface area contributed by atoms with Crippen LogP contribution >= 0.6 is 11.8 Å². The maximum Gasteiger partial charge on any atom is 0.303 e. The first kappa shape index (κ1) is 18.1. The molecule has 24 heavy (non-hydrogen) atoms. The van der Waals surface area contributed by atoms with Crippen LogP contribution in [0.1, 0.15) is 30.8 Å². The summed E-state index contributed by atoms with van der Waals surface area (Å²) in [6.45, 7) is 3.45. The van der Waals surface area contributed by atoms with Crippen LogP contribution in [0.3, 0.4) is 0 Å². The van der Waals surface area contributed by atoms with Crippen molar-refractivity contribution in [3.63, 3.8) is 0 Å². The van der Waals surface area contributed by atoms with Gasteiger partial charge >= 0.3 is 11.9 Å². The van der Waals surface area contributed by atoms with Crippen LogP contribution in [0.5, 0.6) is 0 Å². The van der Waals surface area contributed by atoms with Crippen molar-refractivity contribution in [1.82, 2.24) is 9.55 Å². The van der Waals surface area contributed by atoms with Crippen molar-refractivity contribution in [3.8, 4) is 0 Å². The highest BCUT2D eigenvalue weighted by atomic mass is 32.2. The molecular weight excluding hydrogens is 328 g/mol. The predicted molar refractivity (Wildman–Crippen MR) is 90.5 cm³/mol. The molecule has 0 N–H and O–H groups in total. The highest BCUT2D eigenvalue weighted by molar-refractivity contribution is 7.98. The Morgan fingerprint density at radius 1 is 1.08 bits per heavy atom. The summed E-state index contributed by atoms with van der Waals surface area (Å²) in [5, 5.41) is 0.781. The smallest absolute Gasteiger partial charge is 0.303 e. The van der Waals surface area contributed by atoms with E-state index in [1.54, 1.807) is 0 Å². The lowest BCUT2D eigenvalue weighted by Gasteiger charge is -2.12. The molecule has 6 nitrogen and oxygen atoms in total. The summed E-state index contributed by atoms with van der Waals surface area (Å²) in [7, 11) is 0. The second-order valence-corrected chi connectivity index (χ2v) is 5.90. The van der Waals surface area contributed by atoms with Gasteiger partial charge in [-0.1, -0.05) is 42.1 Å². The van der Waals surface area contributed by atoms with Crippen molar-refractivity contribution >= 4 is 23.7 Å². The second kappa shape index (κ2) is 8.54. The monoisotopic (exact) mass is 348 g/mol. The molecular formula is C17H20N2O4S. The molecule has 1 aromatic heterocycles. The third kappa shape index (κ3) is 4.86. The highest BCUT2D eigenvalue weighted by Crippen LogP contribution is 2.23. The molecule has 2 aromatic rings. The fourth-order valence-electron chi connectivity index (χ4n) is 2.21. The summed E-state index contributed by atoms with van der Waals surface area (Å²) >= 11 is 1.49. The number of thioether (sulfide) groups is 1. The molecule has 0 aliphatic carbocycles. The number of ether oxygens (including phenoxy) is 2. The Bertz CT molecular complexity index is 713. The summed E-state index contributed by atoms with van der Waals surface area (Å²) in [5.74, 6) is -0.747. The molecule has 1 aromatic carbocycles. The van der Waals surface area contributed by atoms with Crippen LogP contribution < -0.4 is 0 Å². The van der Waals surface area contributed by atoms with Crippen LogP contribution in [0.2, 0.25) is 0 Å². The Morgan fingerprint density at radius 3 is 2.29 bits per heavy atom. The van der Waals surface area contributed by atoms with Gasteiger partial charge in [-0.15, -0.1) is 0 Å². The number of imidazole rings is 1. The number of nitrogens with zero attached hydrogens (tertiary/aromatic N) is 2. The molecule has 0 amide bonds. The van der Waals surface area contributed by atoms with Crippen molar-refractivity contribution in [2.24, 2.45) is 0 Å². The molecule has 0 bridgehead atoms. The van der Waals surface area contributed by atoms with Gasteiger partial charge in [0.25, 0.3) is 0 Å². The van der Waals surface area contributed by atoms with Gasteiger partial charge in [-0.25, -0.2) is 4.98 Å². The molecule has 0 atom stereocenters. The summed E-state index contributed by atoms with van der Waals surface area (Å²) in [5.41, 5.74) is 2.44. The molecule has 0 fully saturated rings. The van der Waals surface area contributed by atoms with Gasteiger partial charge < -0.3 is 14.0 Å². The second-order valence-electron chi connectivity index (χ2n) is 5.12. The number of hydrogen-bond donors (Lipinski definition) is 0. The van der Waals surface area contributed by atoms with Crippen LogP contribution in [-0.2, 0) is 38.8 Å². The zero-order valence-corrected chi connectivity index (χ0v) is 14.8. The fourth-order valence-corrected chi connectivity index (χ4v) is 2.81. The lowest BCUT2D eigenvalue weighted by atomic mass is 10.2. The van der Waals surface area contributed by atoms with Crippen molar-refractivity contribution in [3.05, 3.63) is 47.3 Å². The topological polar surface area (TPSA) is 70.4 Å². The Balaban J connectivity index is 2.36. The van der Waals surface area contributed by atoms with Crippen molar-refractivity contribution in [2.75, 3.05) is 6.26 Å². The van der Waals surface area contributed by atoms with Gasteiger partial charge in [0.2, 0.25) is 0 Å². The van der Waals surface area contributed by atoms with Crippen LogP contribution in [-0.4, -0.2) is 27.7 Å². The van der Waals surface area contributed by atoms with Gasteiger partial charge in [0.1, 0.15) is 18.9 Å². The summed E-state index contributed by atoms with van der Waals surface area (Å²) in [4.78, 5) is 26.8. The van der Waals surface area contributed by atoms with E-state index in [0.717, 1.165) is 16.4 Å². The predicted octanol–water partition coefficient (Wildman–Crippen LogP) is 2.78. The first-order valence-electron chi connectivity index (χ1n) is 7.44. The Morgan fingerprint density at radius 2 is 1.71 bits per heavy atom. The maximum absolute atomic E-state index is 11.2. The minimum absolute atomic E-state index is 0.0568. The Hall–Kier alpha value is -2.28. The molecule has 1 heterocycles. The molecule has 0 saturated carbocycles. The Kier molecular flexibility index (Phi) is 6.43. The zero-order chi connectivity index (χ0) is 17.5. The van der Waals surface area contributed by atoms with Crippen LogP contribution in [0, 0.1) is 0 Å². The quantitative estimate of drug-likeness (QED) is 0.566. The van der Waals surface area contributed by atoms with Gasteiger partial charge in [0, 0.05) is 20.4 Å². The van der Waals surface area contributed by atoms with E-state index >= 15 is 0 Å². The minimum atomic E-state index is -0.378. The third-order valence-electron chi connectivity index (χ3n) is 3.31. The summed E-state index contributed by atoms with van der Waals surface area (Å²) < 4.78 is 12.2. The largest absolute Gasteiger partial charge is 0.459 e. The SMILES string of the molecule is CSc1nc(COC(C)=O)c(COC(C)=O)n1Cc1ccccc1. The van der Waals surface area contributed by atoms with Crippen molar-refractivity contribution in [2.45, 2.75) is 38.8 Å².